The lowest BCUT2D eigenvalue weighted by molar-refractivity contribution is 0.593. The van der Waals surface area contributed by atoms with Gasteiger partial charge in [-0.3, -0.25) is 0 Å². The summed E-state index contributed by atoms with van der Waals surface area (Å²) in [7, 11) is 2.11. The van der Waals surface area contributed by atoms with Crippen LogP contribution in [0.1, 0.15) is 30.5 Å². The van der Waals surface area contributed by atoms with E-state index in [1.807, 2.05) is 6.07 Å². The summed E-state index contributed by atoms with van der Waals surface area (Å²) in [5.41, 5.74) is 3.88. The Labute approximate surface area is 135 Å². The van der Waals surface area contributed by atoms with Gasteiger partial charge < -0.3 is 9.62 Å². The summed E-state index contributed by atoms with van der Waals surface area (Å²) in [6.07, 6.45) is 1.12. The summed E-state index contributed by atoms with van der Waals surface area (Å²) >= 11 is 7.92. The number of para-hydroxylation sites is 1. The molecule has 1 aliphatic rings. The highest BCUT2D eigenvalue weighted by Gasteiger charge is 2.26. The second kappa shape index (κ2) is 6.30. The molecule has 2 nitrogen and oxygen atoms in total. The van der Waals surface area contributed by atoms with Crippen LogP contribution in [-0.4, -0.2) is 13.6 Å². The average molecular weight is 319 g/mol. The smallest absolute Gasteiger partial charge is 0.0609 e. The first-order chi connectivity index (χ1) is 10.2. The average Bonchev–Trinajstić information content (AvgIpc) is 2.60. The SMILES string of the molecule is CCCNC1c2ccc(Cl)cc2SN(C)c2ccccc21. The van der Waals surface area contributed by atoms with E-state index in [0.717, 1.165) is 18.0 Å². The first kappa shape index (κ1) is 14.8. The molecule has 0 aromatic heterocycles. The van der Waals surface area contributed by atoms with Gasteiger partial charge in [-0.2, -0.15) is 0 Å². The molecule has 1 unspecified atom stereocenters. The first-order valence-electron chi connectivity index (χ1n) is 7.24. The van der Waals surface area contributed by atoms with E-state index in [9.17, 15) is 0 Å². The third-order valence-corrected chi connectivity index (χ3v) is 4.96. The molecule has 0 aliphatic carbocycles. The van der Waals surface area contributed by atoms with Gasteiger partial charge in [-0.05, 0) is 54.2 Å². The van der Waals surface area contributed by atoms with Crippen LogP contribution >= 0.6 is 23.5 Å². The molecular weight excluding hydrogens is 300 g/mol. The van der Waals surface area contributed by atoms with Gasteiger partial charge in [-0.15, -0.1) is 0 Å². The Morgan fingerprint density at radius 2 is 2.00 bits per heavy atom. The Kier molecular flexibility index (Phi) is 4.43. The topological polar surface area (TPSA) is 15.3 Å². The number of anilines is 1. The third-order valence-electron chi connectivity index (χ3n) is 3.71. The van der Waals surface area contributed by atoms with Crippen LogP contribution in [0.5, 0.6) is 0 Å². The summed E-state index contributed by atoms with van der Waals surface area (Å²) in [6.45, 7) is 3.19. The Hall–Kier alpha value is -1.16. The van der Waals surface area contributed by atoms with Gasteiger partial charge in [-0.25, -0.2) is 0 Å². The molecule has 21 heavy (non-hydrogen) atoms. The van der Waals surface area contributed by atoms with Crippen LogP contribution < -0.4 is 9.62 Å². The van der Waals surface area contributed by atoms with Gasteiger partial charge in [0.05, 0.1) is 11.7 Å². The highest BCUT2D eigenvalue weighted by molar-refractivity contribution is 8.00. The van der Waals surface area contributed by atoms with Crippen molar-refractivity contribution in [3.05, 3.63) is 58.6 Å². The minimum absolute atomic E-state index is 0.214. The molecule has 1 heterocycles. The zero-order chi connectivity index (χ0) is 14.8. The molecule has 1 atom stereocenters. The molecule has 0 bridgehead atoms. The maximum absolute atomic E-state index is 6.19. The lowest BCUT2D eigenvalue weighted by Crippen LogP contribution is -2.23. The second-order valence-electron chi connectivity index (χ2n) is 5.22. The molecule has 2 aromatic carbocycles. The van der Waals surface area contributed by atoms with Crippen LogP contribution in [0.25, 0.3) is 0 Å². The van der Waals surface area contributed by atoms with Gasteiger partial charge in [0.25, 0.3) is 0 Å². The van der Waals surface area contributed by atoms with Gasteiger partial charge in [0, 0.05) is 17.0 Å². The van der Waals surface area contributed by atoms with E-state index < -0.39 is 0 Å². The van der Waals surface area contributed by atoms with Gasteiger partial charge >= 0.3 is 0 Å². The Bertz CT molecular complexity index is 644. The highest BCUT2D eigenvalue weighted by atomic mass is 35.5. The Morgan fingerprint density at radius 3 is 2.81 bits per heavy atom. The van der Waals surface area contributed by atoms with Crippen molar-refractivity contribution in [2.24, 2.45) is 0 Å². The van der Waals surface area contributed by atoms with Gasteiger partial charge in [0.1, 0.15) is 0 Å². The van der Waals surface area contributed by atoms with E-state index in [-0.39, 0.29) is 6.04 Å². The molecule has 0 saturated heterocycles. The highest BCUT2D eigenvalue weighted by Crippen LogP contribution is 2.43. The van der Waals surface area contributed by atoms with Crippen molar-refractivity contribution < 1.29 is 0 Å². The lowest BCUT2D eigenvalue weighted by Gasteiger charge is -2.22. The summed E-state index contributed by atoms with van der Waals surface area (Å²) in [5, 5.41) is 4.47. The molecule has 0 spiro atoms. The lowest BCUT2D eigenvalue weighted by atomic mass is 9.97. The molecule has 0 amide bonds. The minimum atomic E-state index is 0.214. The zero-order valence-corrected chi connectivity index (χ0v) is 13.8. The molecule has 110 valence electrons. The standard InChI is InChI=1S/C17H19ClN2S/c1-3-10-19-17-13-6-4-5-7-15(13)20(2)21-16-11-12(18)8-9-14(16)17/h4-9,11,17,19H,3,10H2,1-2H3. The fourth-order valence-electron chi connectivity index (χ4n) is 2.72. The van der Waals surface area contributed by atoms with E-state index in [4.69, 9.17) is 11.6 Å². The molecule has 0 radical (unpaired) electrons. The molecule has 1 aliphatic heterocycles. The van der Waals surface area contributed by atoms with Crippen molar-refractivity contribution in [1.29, 1.82) is 0 Å². The minimum Gasteiger partial charge on any atom is -0.315 e. The van der Waals surface area contributed by atoms with E-state index in [1.165, 1.54) is 21.7 Å². The number of fused-ring (bicyclic) bond motifs is 2. The maximum Gasteiger partial charge on any atom is 0.0609 e. The number of hydrogen-bond donors (Lipinski definition) is 1. The van der Waals surface area contributed by atoms with Crippen molar-refractivity contribution in [2.75, 3.05) is 17.9 Å². The maximum atomic E-state index is 6.19. The van der Waals surface area contributed by atoms with Crippen LogP contribution in [0.2, 0.25) is 5.02 Å². The van der Waals surface area contributed by atoms with Gasteiger partial charge in [0.2, 0.25) is 0 Å². The predicted molar refractivity (Wildman–Crippen MR) is 92.3 cm³/mol. The van der Waals surface area contributed by atoms with Crippen LogP contribution in [0.15, 0.2) is 47.4 Å². The zero-order valence-electron chi connectivity index (χ0n) is 12.3. The summed E-state index contributed by atoms with van der Waals surface area (Å²) < 4.78 is 2.22. The third kappa shape index (κ3) is 2.91. The van der Waals surface area contributed by atoms with Crippen LogP contribution in [0.4, 0.5) is 5.69 Å². The molecule has 3 rings (SSSR count). The quantitative estimate of drug-likeness (QED) is 0.811. The summed E-state index contributed by atoms with van der Waals surface area (Å²) in [5.74, 6) is 0. The van der Waals surface area contributed by atoms with Crippen molar-refractivity contribution >= 4 is 29.2 Å². The normalized spacial score (nSPS) is 17.1. The number of hydrogen-bond acceptors (Lipinski definition) is 3. The van der Waals surface area contributed by atoms with Gasteiger partial charge in [0.15, 0.2) is 0 Å². The first-order valence-corrected chi connectivity index (χ1v) is 8.39. The number of benzene rings is 2. The number of rotatable bonds is 3. The van der Waals surface area contributed by atoms with Crippen molar-refractivity contribution in [2.45, 2.75) is 24.3 Å². The summed E-state index contributed by atoms with van der Waals surface area (Å²) in [4.78, 5) is 1.22. The van der Waals surface area contributed by atoms with Crippen LogP contribution in [0.3, 0.4) is 0 Å². The van der Waals surface area contributed by atoms with Crippen molar-refractivity contribution in [3.63, 3.8) is 0 Å². The van der Waals surface area contributed by atoms with Crippen LogP contribution in [-0.2, 0) is 0 Å². The van der Waals surface area contributed by atoms with Crippen molar-refractivity contribution in [1.82, 2.24) is 5.32 Å². The predicted octanol–water partition coefficient (Wildman–Crippen LogP) is 4.89. The van der Waals surface area contributed by atoms with Crippen molar-refractivity contribution in [3.8, 4) is 0 Å². The second-order valence-corrected chi connectivity index (χ2v) is 6.82. The molecule has 0 fully saturated rings. The van der Waals surface area contributed by atoms with Gasteiger partial charge in [-0.1, -0.05) is 42.8 Å². The summed E-state index contributed by atoms with van der Waals surface area (Å²) in [6, 6.07) is 15.0. The molecular formula is C17H19ClN2S. The Morgan fingerprint density at radius 1 is 1.19 bits per heavy atom. The molecule has 2 aromatic rings. The fourth-order valence-corrected chi connectivity index (χ4v) is 3.98. The van der Waals surface area contributed by atoms with E-state index in [0.29, 0.717) is 0 Å². The largest absolute Gasteiger partial charge is 0.315 e. The number of halogens is 1. The fraction of sp³-hybridized carbons (Fsp3) is 0.294. The molecule has 1 N–H and O–H groups in total. The number of nitrogens with one attached hydrogen (secondary N) is 1. The van der Waals surface area contributed by atoms with E-state index in [1.54, 1.807) is 11.9 Å². The van der Waals surface area contributed by atoms with E-state index in [2.05, 4.69) is 60.0 Å². The molecule has 4 heteroatoms. The van der Waals surface area contributed by atoms with Crippen LogP contribution in [0, 0.1) is 0 Å². The van der Waals surface area contributed by atoms with E-state index >= 15 is 0 Å². The molecule has 0 saturated carbocycles. The monoisotopic (exact) mass is 318 g/mol. The Balaban J connectivity index is 2.14. The number of nitrogens with zero attached hydrogens (tertiary/aromatic N) is 1.